The number of imide groups is 1. The van der Waals surface area contributed by atoms with E-state index in [1.54, 1.807) is 65.8 Å². The van der Waals surface area contributed by atoms with Gasteiger partial charge in [0.25, 0.3) is 0 Å². The minimum Gasteiger partial charge on any atom is -0.479 e. The van der Waals surface area contributed by atoms with Crippen molar-refractivity contribution >= 4 is 68.3 Å². The summed E-state index contributed by atoms with van der Waals surface area (Å²) >= 11 is 0. The van der Waals surface area contributed by atoms with Crippen LogP contribution in [0.4, 0.5) is 31.2 Å². The Morgan fingerprint density at radius 1 is 0.933 bits per heavy atom. The predicted molar refractivity (Wildman–Crippen MR) is 220 cm³/mol. The predicted octanol–water partition coefficient (Wildman–Crippen LogP) is 6.97. The van der Waals surface area contributed by atoms with E-state index in [1.165, 1.54) is 48.3 Å². The van der Waals surface area contributed by atoms with Crippen LogP contribution in [0.15, 0.2) is 71.8 Å². The van der Waals surface area contributed by atoms with Crippen molar-refractivity contribution in [1.82, 2.24) is 9.88 Å². The Kier molecular flexibility index (Phi) is 13.5. The van der Waals surface area contributed by atoms with E-state index < -0.39 is 68.8 Å². The molecule has 0 spiro atoms. The molecule has 16 nitrogen and oxygen atoms in total. The molecular formula is C42H48FN5O11S. The molecule has 60 heavy (non-hydrogen) atoms. The number of anilines is 3. The number of benzene rings is 3. The molecule has 1 atom stereocenters. The summed E-state index contributed by atoms with van der Waals surface area (Å²) in [6.45, 7) is 9.20. The van der Waals surface area contributed by atoms with Gasteiger partial charge in [-0.25, -0.2) is 32.2 Å². The summed E-state index contributed by atoms with van der Waals surface area (Å²) in [7, 11) is -2.06. The SMILES string of the molecule is CN(C=O)Cc1cc(NC(=O)COCc2cccc(C(Nc3ccc4c(N(C(=O)OC(C)(C)C)C(=O)OC(C)(C)C)ncc(F)c4c3)C(=O)O)c2)ccc1S(=O)(=O)C1CC1. The molecule has 0 aliphatic heterocycles. The monoisotopic (exact) mass is 849 g/mol. The molecule has 1 unspecified atom stereocenters. The lowest BCUT2D eigenvalue weighted by Gasteiger charge is -2.28. The van der Waals surface area contributed by atoms with Gasteiger partial charge in [0.1, 0.15) is 23.6 Å². The molecule has 0 radical (unpaired) electrons. The Morgan fingerprint density at radius 2 is 1.58 bits per heavy atom. The number of pyridine rings is 1. The molecule has 3 N–H and O–H groups in total. The Morgan fingerprint density at radius 3 is 2.18 bits per heavy atom. The van der Waals surface area contributed by atoms with Crippen LogP contribution in [0.2, 0.25) is 0 Å². The van der Waals surface area contributed by atoms with Crippen molar-refractivity contribution in [3.8, 4) is 0 Å². The summed E-state index contributed by atoms with van der Waals surface area (Å²) in [4.78, 5) is 69.3. The Bertz CT molecular complexity index is 2380. The lowest BCUT2D eigenvalue weighted by atomic mass is 10.0. The second kappa shape index (κ2) is 18.0. The van der Waals surface area contributed by atoms with E-state index in [1.807, 2.05) is 0 Å². The quantitative estimate of drug-likeness (QED) is 0.103. The molecule has 0 saturated heterocycles. The van der Waals surface area contributed by atoms with Gasteiger partial charge in [0.15, 0.2) is 21.7 Å². The third-order valence-corrected chi connectivity index (χ3v) is 11.1. The molecule has 4 amide bonds. The number of nitrogens with one attached hydrogen (secondary N) is 2. The highest BCUT2D eigenvalue weighted by Gasteiger charge is 2.38. The highest BCUT2D eigenvalue weighted by molar-refractivity contribution is 7.92. The number of hydrogen-bond donors (Lipinski definition) is 3. The van der Waals surface area contributed by atoms with E-state index in [0.29, 0.717) is 46.5 Å². The van der Waals surface area contributed by atoms with Crippen LogP contribution >= 0.6 is 0 Å². The smallest absolute Gasteiger partial charge is 0.425 e. The van der Waals surface area contributed by atoms with Crippen LogP contribution in [0.3, 0.4) is 0 Å². The number of fused-ring (bicyclic) bond motifs is 1. The summed E-state index contributed by atoms with van der Waals surface area (Å²) in [6.07, 6.45) is 0.344. The van der Waals surface area contributed by atoms with Crippen LogP contribution < -0.4 is 15.5 Å². The fourth-order valence-corrected chi connectivity index (χ4v) is 7.88. The number of sulfone groups is 1. The van der Waals surface area contributed by atoms with E-state index in [0.717, 1.165) is 6.20 Å². The third-order valence-electron chi connectivity index (χ3n) is 8.74. The Balaban J connectivity index is 1.30. The molecule has 1 fully saturated rings. The van der Waals surface area contributed by atoms with Crippen molar-refractivity contribution < 1.29 is 56.1 Å². The number of carbonyl (C=O) groups excluding carboxylic acids is 4. The molecule has 1 heterocycles. The average Bonchev–Trinajstić information content (AvgIpc) is 4.00. The Hall–Kier alpha value is -6.14. The lowest BCUT2D eigenvalue weighted by Crippen LogP contribution is -2.44. The van der Waals surface area contributed by atoms with Crippen LogP contribution in [0.1, 0.15) is 77.1 Å². The second-order valence-corrected chi connectivity index (χ2v) is 18.5. The van der Waals surface area contributed by atoms with Gasteiger partial charge in [0.2, 0.25) is 12.3 Å². The molecule has 5 rings (SSSR count). The standard InChI is InChI=1S/C42H48FN5O11S/c1-41(2,3)58-39(53)48(40(54)59-42(4,5)6)37-31-15-11-29(19-32(31)33(43)20-44-37)46-36(38(51)52)26-10-8-9-25(17-26)22-57-23-35(50)45-28-12-16-34(60(55,56)30-13-14-30)27(18-28)21-47(7)24-49/h8-12,15-20,24,30,36,46H,13-14,21-23H2,1-7H3,(H,45,50)(H,51,52). The molecule has 1 aliphatic carbocycles. The fraction of sp³-hybridized carbons (Fsp3) is 0.381. The van der Waals surface area contributed by atoms with Gasteiger partial charge in [-0.1, -0.05) is 24.3 Å². The van der Waals surface area contributed by atoms with Gasteiger partial charge < -0.3 is 34.9 Å². The van der Waals surface area contributed by atoms with Crippen molar-refractivity contribution in [1.29, 1.82) is 0 Å². The number of carbonyl (C=O) groups is 5. The maximum absolute atomic E-state index is 15.4. The number of nitrogens with zero attached hydrogens (tertiary/aromatic N) is 3. The summed E-state index contributed by atoms with van der Waals surface area (Å²) in [6, 6.07) is 13.6. The molecular weight excluding hydrogens is 802 g/mol. The maximum Gasteiger partial charge on any atom is 0.425 e. The Labute approximate surface area is 346 Å². The van der Waals surface area contributed by atoms with Gasteiger partial charge in [-0.05, 0) is 107 Å². The number of carboxylic acid groups (broad SMARTS) is 1. The summed E-state index contributed by atoms with van der Waals surface area (Å²) < 4.78 is 57.9. The first-order chi connectivity index (χ1) is 28.1. The number of aliphatic carboxylic acids is 1. The van der Waals surface area contributed by atoms with Crippen LogP contribution in [0.5, 0.6) is 0 Å². The number of carboxylic acids is 1. The van der Waals surface area contributed by atoms with Crippen LogP contribution in [-0.4, -0.2) is 84.0 Å². The van der Waals surface area contributed by atoms with Crippen LogP contribution in [0.25, 0.3) is 10.8 Å². The zero-order chi connectivity index (χ0) is 44.2. The summed E-state index contributed by atoms with van der Waals surface area (Å²) in [5.74, 6) is -2.88. The van der Waals surface area contributed by atoms with E-state index in [2.05, 4.69) is 15.6 Å². The van der Waals surface area contributed by atoms with Gasteiger partial charge in [-0.3, -0.25) is 9.59 Å². The summed E-state index contributed by atoms with van der Waals surface area (Å²) in [5, 5.41) is 15.3. The van der Waals surface area contributed by atoms with Crippen molar-refractivity contribution in [3.63, 3.8) is 0 Å². The van der Waals surface area contributed by atoms with Gasteiger partial charge in [-0.2, -0.15) is 4.90 Å². The van der Waals surface area contributed by atoms with Gasteiger partial charge in [-0.15, -0.1) is 0 Å². The topological polar surface area (TPSA) is 211 Å². The van der Waals surface area contributed by atoms with Gasteiger partial charge in [0, 0.05) is 35.7 Å². The molecule has 1 saturated carbocycles. The van der Waals surface area contributed by atoms with E-state index in [4.69, 9.17) is 14.2 Å². The first kappa shape index (κ1) is 45.0. The third kappa shape index (κ3) is 11.5. The zero-order valence-corrected chi connectivity index (χ0v) is 35.1. The number of rotatable bonds is 15. The lowest BCUT2D eigenvalue weighted by molar-refractivity contribution is -0.138. The van der Waals surface area contributed by atoms with Gasteiger partial charge in [0.05, 0.1) is 22.9 Å². The van der Waals surface area contributed by atoms with E-state index in [9.17, 15) is 37.5 Å². The van der Waals surface area contributed by atoms with Gasteiger partial charge >= 0.3 is 18.2 Å². The average molecular weight is 850 g/mol. The maximum atomic E-state index is 15.4. The minimum atomic E-state index is -3.57. The van der Waals surface area contributed by atoms with Crippen molar-refractivity contribution in [2.75, 3.05) is 29.2 Å². The van der Waals surface area contributed by atoms with E-state index >= 15 is 4.39 Å². The minimum absolute atomic E-state index is 0.0220. The number of amides is 4. The highest BCUT2D eigenvalue weighted by Crippen LogP contribution is 2.36. The normalized spacial score (nSPS) is 13.5. The number of hydrogen-bond acceptors (Lipinski definition) is 12. The molecule has 4 aromatic rings. The molecule has 1 aliphatic rings. The van der Waals surface area contributed by atoms with Crippen molar-refractivity contribution in [2.45, 2.75) is 94.9 Å². The van der Waals surface area contributed by atoms with Crippen molar-refractivity contribution in [3.05, 3.63) is 89.4 Å². The molecule has 1 aromatic heterocycles. The van der Waals surface area contributed by atoms with E-state index in [-0.39, 0.29) is 40.3 Å². The van der Waals surface area contributed by atoms with Crippen LogP contribution in [-0.2, 0) is 51.6 Å². The largest absolute Gasteiger partial charge is 0.479 e. The first-order valence-electron chi connectivity index (χ1n) is 18.9. The number of halogens is 1. The van der Waals surface area contributed by atoms with Crippen LogP contribution in [0, 0.1) is 5.82 Å². The fourth-order valence-electron chi connectivity index (χ4n) is 6.02. The summed E-state index contributed by atoms with van der Waals surface area (Å²) in [5.41, 5.74) is -0.306. The number of ether oxygens (including phenoxy) is 3. The first-order valence-corrected chi connectivity index (χ1v) is 20.4. The molecule has 3 aromatic carbocycles. The molecule has 18 heteroatoms. The number of aromatic nitrogens is 1. The second-order valence-electron chi connectivity index (χ2n) is 16.3. The molecule has 0 bridgehead atoms. The van der Waals surface area contributed by atoms with Crippen molar-refractivity contribution in [2.24, 2.45) is 0 Å². The zero-order valence-electron chi connectivity index (χ0n) is 34.3. The highest BCUT2D eigenvalue weighted by atomic mass is 32.2. The molecule has 320 valence electrons.